The van der Waals surface area contributed by atoms with Gasteiger partial charge in [-0.2, -0.15) is 0 Å². The monoisotopic (exact) mass is 461 g/mol. The third kappa shape index (κ3) is 5.28. The molecule has 0 aromatic heterocycles. The number of hydrogen-bond donors (Lipinski definition) is 1. The molecule has 9 nitrogen and oxygen atoms in total. The van der Waals surface area contributed by atoms with Crippen LogP contribution in [0.3, 0.4) is 0 Å². The van der Waals surface area contributed by atoms with Gasteiger partial charge in [-0.15, -0.1) is 0 Å². The van der Waals surface area contributed by atoms with Crippen LogP contribution in [-0.2, 0) is 14.8 Å². The Morgan fingerprint density at radius 1 is 1.21 bits per heavy atom. The summed E-state index contributed by atoms with van der Waals surface area (Å²) in [6, 6.07) is 6.58. The number of nitro benzene ring substituents is 1. The first-order chi connectivity index (χ1) is 13.5. The maximum atomic E-state index is 12.7. The van der Waals surface area contributed by atoms with Gasteiger partial charge in [-0.3, -0.25) is 19.2 Å². The summed E-state index contributed by atoms with van der Waals surface area (Å²) in [5.74, 6) is -0.408. The highest BCUT2D eigenvalue weighted by Crippen LogP contribution is 2.32. The zero-order valence-electron chi connectivity index (χ0n) is 15.5. The Labute approximate surface area is 177 Å². The van der Waals surface area contributed by atoms with Crippen LogP contribution in [0.1, 0.15) is 6.92 Å². The van der Waals surface area contributed by atoms with Gasteiger partial charge in [0.25, 0.3) is 5.69 Å². The van der Waals surface area contributed by atoms with Crippen molar-refractivity contribution >= 4 is 56.2 Å². The van der Waals surface area contributed by atoms with E-state index in [-0.39, 0.29) is 27.1 Å². The van der Waals surface area contributed by atoms with Crippen molar-refractivity contribution in [3.05, 3.63) is 56.6 Å². The predicted molar refractivity (Wildman–Crippen MR) is 112 cm³/mol. The summed E-state index contributed by atoms with van der Waals surface area (Å²) in [4.78, 5) is 23.0. The van der Waals surface area contributed by atoms with Gasteiger partial charge >= 0.3 is 0 Å². The smallest absolute Gasteiger partial charge is 0.271 e. The summed E-state index contributed by atoms with van der Waals surface area (Å²) >= 11 is 12.1. The number of benzene rings is 2. The molecule has 0 aliphatic rings. The average molecular weight is 462 g/mol. The first-order valence-electron chi connectivity index (χ1n) is 8.03. The highest BCUT2D eigenvalue weighted by Gasteiger charge is 2.30. The number of carbonyl (C=O) groups excluding carboxylic acids is 1. The average Bonchev–Trinajstić information content (AvgIpc) is 2.62. The molecule has 0 fully saturated rings. The summed E-state index contributed by atoms with van der Waals surface area (Å²) in [5, 5.41) is 13.6. The van der Waals surface area contributed by atoms with E-state index in [2.05, 4.69) is 5.32 Å². The minimum atomic E-state index is -3.89. The van der Waals surface area contributed by atoms with Crippen molar-refractivity contribution in [2.45, 2.75) is 13.0 Å². The molecule has 29 heavy (non-hydrogen) atoms. The fraction of sp³-hybridized carbons (Fsp3) is 0.235. The van der Waals surface area contributed by atoms with Gasteiger partial charge in [-0.05, 0) is 31.2 Å². The number of methoxy groups -OCH3 is 1. The Morgan fingerprint density at radius 3 is 2.38 bits per heavy atom. The lowest BCUT2D eigenvalue weighted by Gasteiger charge is -2.28. The number of ether oxygens (including phenoxy) is 1. The first kappa shape index (κ1) is 22.7. The Bertz CT molecular complexity index is 1060. The van der Waals surface area contributed by atoms with Crippen LogP contribution in [0.2, 0.25) is 10.0 Å². The molecule has 0 spiro atoms. The maximum Gasteiger partial charge on any atom is 0.271 e. The van der Waals surface area contributed by atoms with Crippen molar-refractivity contribution in [2.75, 3.05) is 23.0 Å². The Morgan fingerprint density at radius 2 is 1.86 bits per heavy atom. The number of nitro groups is 1. The summed E-state index contributed by atoms with van der Waals surface area (Å²) < 4.78 is 30.6. The lowest BCUT2D eigenvalue weighted by atomic mass is 10.2. The van der Waals surface area contributed by atoms with Gasteiger partial charge in [0.15, 0.2) is 0 Å². The van der Waals surface area contributed by atoms with Crippen LogP contribution >= 0.6 is 23.2 Å². The number of anilines is 2. The molecule has 0 aliphatic carbocycles. The van der Waals surface area contributed by atoms with Gasteiger partial charge in [0, 0.05) is 12.1 Å². The van der Waals surface area contributed by atoms with Crippen molar-refractivity contribution in [1.29, 1.82) is 0 Å². The molecule has 156 valence electrons. The molecule has 0 heterocycles. The first-order valence-corrected chi connectivity index (χ1v) is 10.6. The van der Waals surface area contributed by atoms with Crippen LogP contribution in [0.15, 0.2) is 36.4 Å². The number of nitrogens with one attached hydrogen (secondary N) is 1. The summed E-state index contributed by atoms with van der Waals surface area (Å²) in [7, 11) is -2.48. The number of nitrogens with zero attached hydrogens (tertiary/aromatic N) is 2. The topological polar surface area (TPSA) is 119 Å². The minimum absolute atomic E-state index is 0.0149. The molecule has 0 aliphatic heterocycles. The fourth-order valence-corrected chi connectivity index (χ4v) is 4.14. The molecule has 2 rings (SSSR count). The summed E-state index contributed by atoms with van der Waals surface area (Å²) in [6.45, 7) is 1.36. The lowest BCUT2D eigenvalue weighted by molar-refractivity contribution is -0.384. The van der Waals surface area contributed by atoms with Crippen LogP contribution in [0.5, 0.6) is 5.75 Å². The number of hydrogen-bond acceptors (Lipinski definition) is 6. The van der Waals surface area contributed by atoms with E-state index < -0.39 is 26.9 Å². The van der Waals surface area contributed by atoms with Gasteiger partial charge in [0.1, 0.15) is 11.8 Å². The molecular formula is C17H17Cl2N3O6S. The Hall–Kier alpha value is -2.56. The van der Waals surface area contributed by atoms with Crippen molar-refractivity contribution in [3.63, 3.8) is 0 Å². The minimum Gasteiger partial charge on any atom is -0.495 e. The Kier molecular flexibility index (Phi) is 6.93. The molecule has 1 N–H and O–H groups in total. The van der Waals surface area contributed by atoms with Crippen LogP contribution < -0.4 is 14.4 Å². The van der Waals surface area contributed by atoms with Crippen LogP contribution in [-0.4, -0.2) is 38.7 Å². The number of amides is 1. The molecule has 0 unspecified atom stereocenters. The van der Waals surface area contributed by atoms with E-state index in [1.807, 2.05) is 0 Å². The zero-order valence-corrected chi connectivity index (χ0v) is 17.9. The van der Waals surface area contributed by atoms with Gasteiger partial charge in [-0.1, -0.05) is 23.2 Å². The van der Waals surface area contributed by atoms with E-state index in [1.54, 1.807) is 0 Å². The van der Waals surface area contributed by atoms with E-state index in [9.17, 15) is 23.3 Å². The van der Waals surface area contributed by atoms with E-state index in [0.717, 1.165) is 16.6 Å². The van der Waals surface area contributed by atoms with Gasteiger partial charge in [0.05, 0.1) is 39.7 Å². The van der Waals surface area contributed by atoms with E-state index >= 15 is 0 Å². The molecule has 0 bridgehead atoms. The van der Waals surface area contributed by atoms with Gasteiger partial charge in [-0.25, -0.2) is 8.42 Å². The number of non-ortho nitro benzene ring substituents is 1. The van der Waals surface area contributed by atoms with Crippen LogP contribution in [0.4, 0.5) is 17.1 Å². The van der Waals surface area contributed by atoms with Crippen molar-refractivity contribution in [3.8, 4) is 5.75 Å². The van der Waals surface area contributed by atoms with Gasteiger partial charge < -0.3 is 10.1 Å². The highest BCUT2D eigenvalue weighted by molar-refractivity contribution is 7.92. The van der Waals surface area contributed by atoms with Crippen molar-refractivity contribution in [2.24, 2.45) is 0 Å². The number of carbonyl (C=O) groups is 1. The molecule has 0 saturated heterocycles. The third-order valence-electron chi connectivity index (χ3n) is 3.90. The third-order valence-corrected chi connectivity index (χ3v) is 5.76. The summed E-state index contributed by atoms with van der Waals surface area (Å²) in [6.07, 6.45) is 0.940. The number of rotatable bonds is 7. The van der Waals surface area contributed by atoms with Crippen LogP contribution in [0.25, 0.3) is 0 Å². The highest BCUT2D eigenvalue weighted by atomic mass is 35.5. The van der Waals surface area contributed by atoms with E-state index in [0.29, 0.717) is 5.75 Å². The van der Waals surface area contributed by atoms with Gasteiger partial charge in [0.2, 0.25) is 15.9 Å². The summed E-state index contributed by atoms with van der Waals surface area (Å²) in [5.41, 5.74) is -0.149. The van der Waals surface area contributed by atoms with Crippen molar-refractivity contribution < 1.29 is 22.9 Å². The number of sulfonamides is 1. The second-order valence-electron chi connectivity index (χ2n) is 5.96. The largest absolute Gasteiger partial charge is 0.495 e. The van der Waals surface area contributed by atoms with Crippen molar-refractivity contribution in [1.82, 2.24) is 0 Å². The van der Waals surface area contributed by atoms with Crippen LogP contribution in [0, 0.1) is 10.1 Å². The zero-order chi connectivity index (χ0) is 21.9. The SMILES string of the molecule is COc1ccc(N([C@H](C)C(=O)Nc2cc([N+](=O)[O-])ccc2Cl)S(C)(=O)=O)cc1Cl. The molecular weight excluding hydrogens is 445 g/mol. The maximum absolute atomic E-state index is 12.7. The molecule has 0 saturated carbocycles. The standard InChI is InChI=1S/C17H17Cl2N3O6S/c1-10(17(23)20-15-9-12(22(24)25)4-6-13(15)18)21(29(3,26)27)11-5-7-16(28-2)14(19)8-11/h4-10H,1-3H3,(H,20,23)/t10-/m1/s1. The molecule has 1 atom stereocenters. The lowest BCUT2D eigenvalue weighted by Crippen LogP contribution is -2.45. The second kappa shape index (κ2) is 8.85. The molecule has 1 amide bonds. The molecule has 0 radical (unpaired) electrons. The Balaban J connectivity index is 2.39. The molecule has 2 aromatic rings. The fourth-order valence-electron chi connectivity index (χ4n) is 2.56. The second-order valence-corrected chi connectivity index (χ2v) is 8.64. The molecule has 12 heteroatoms. The quantitative estimate of drug-likeness (QED) is 0.495. The molecule has 2 aromatic carbocycles. The van der Waals surface area contributed by atoms with E-state index in [4.69, 9.17) is 27.9 Å². The normalized spacial score (nSPS) is 12.2. The van der Waals surface area contributed by atoms with E-state index in [1.165, 1.54) is 44.4 Å². The predicted octanol–water partition coefficient (Wildman–Crippen LogP) is 3.70. The number of halogens is 2.